The lowest BCUT2D eigenvalue weighted by Crippen LogP contribution is -2.35. The Morgan fingerprint density at radius 2 is 1.50 bits per heavy atom. The van der Waals surface area contributed by atoms with Crippen molar-refractivity contribution in [3.05, 3.63) is 71.8 Å². The Labute approximate surface area is 200 Å². The molecule has 0 saturated carbocycles. The number of anilines is 2. The fourth-order valence-corrected chi connectivity index (χ4v) is 6.52. The predicted molar refractivity (Wildman–Crippen MR) is 131 cm³/mol. The fourth-order valence-electron chi connectivity index (χ4n) is 3.91. The van der Waals surface area contributed by atoms with E-state index < -0.39 is 20.0 Å². The van der Waals surface area contributed by atoms with Crippen LogP contribution in [0.1, 0.15) is 17.5 Å². The molecule has 0 spiro atoms. The zero-order chi connectivity index (χ0) is 24.5. The van der Waals surface area contributed by atoms with Crippen LogP contribution in [-0.4, -0.2) is 37.6 Å². The summed E-state index contributed by atoms with van der Waals surface area (Å²) in [5.74, 6) is 0.720. The van der Waals surface area contributed by atoms with Gasteiger partial charge in [0.25, 0.3) is 20.0 Å². The lowest BCUT2D eigenvalue weighted by molar-refractivity contribution is 0.354. The molecule has 0 saturated heterocycles. The Kier molecular flexibility index (Phi) is 6.46. The van der Waals surface area contributed by atoms with E-state index in [1.165, 1.54) is 36.7 Å². The molecule has 0 radical (unpaired) electrons. The van der Waals surface area contributed by atoms with Crippen molar-refractivity contribution in [2.75, 3.05) is 29.8 Å². The number of ether oxygens (including phenoxy) is 2. The SMILES string of the molecule is COc1ccc(S(=O)(=O)Nc2ccc3c(c2)CCCN3S(=O)(=O)c2ccc(C)cc2)cc1OC. The number of hydrogen-bond acceptors (Lipinski definition) is 6. The van der Waals surface area contributed by atoms with Gasteiger partial charge in [-0.15, -0.1) is 0 Å². The van der Waals surface area contributed by atoms with E-state index in [0.29, 0.717) is 42.3 Å². The molecule has 1 N–H and O–H groups in total. The van der Waals surface area contributed by atoms with Crippen molar-refractivity contribution in [2.24, 2.45) is 0 Å². The number of nitrogens with one attached hydrogen (secondary N) is 1. The van der Waals surface area contributed by atoms with E-state index in [1.54, 1.807) is 42.5 Å². The Hall–Kier alpha value is -3.24. The zero-order valence-electron chi connectivity index (χ0n) is 19.1. The van der Waals surface area contributed by atoms with Crippen LogP contribution < -0.4 is 18.5 Å². The topological polar surface area (TPSA) is 102 Å². The number of benzene rings is 3. The molecule has 8 nitrogen and oxygen atoms in total. The minimum atomic E-state index is -3.90. The van der Waals surface area contributed by atoms with Gasteiger partial charge in [0.1, 0.15) is 0 Å². The Balaban J connectivity index is 1.63. The maximum atomic E-state index is 13.3. The van der Waals surface area contributed by atoms with Crippen molar-refractivity contribution >= 4 is 31.4 Å². The molecule has 0 amide bonds. The number of nitrogens with zero attached hydrogens (tertiary/aromatic N) is 1. The number of aryl methyl sites for hydroxylation is 2. The summed E-state index contributed by atoms with van der Waals surface area (Å²) in [5.41, 5.74) is 2.64. The Morgan fingerprint density at radius 3 is 2.18 bits per heavy atom. The van der Waals surface area contributed by atoms with Gasteiger partial charge < -0.3 is 9.47 Å². The molecule has 3 aromatic carbocycles. The first-order valence-electron chi connectivity index (χ1n) is 10.6. The third-order valence-electron chi connectivity index (χ3n) is 5.68. The molecule has 1 aliphatic rings. The van der Waals surface area contributed by atoms with Crippen molar-refractivity contribution in [3.8, 4) is 11.5 Å². The van der Waals surface area contributed by atoms with E-state index in [9.17, 15) is 16.8 Å². The van der Waals surface area contributed by atoms with E-state index in [0.717, 1.165) is 11.1 Å². The van der Waals surface area contributed by atoms with Gasteiger partial charge in [0, 0.05) is 18.3 Å². The molecular formula is C24H26N2O6S2. The molecular weight excluding hydrogens is 476 g/mol. The van der Waals surface area contributed by atoms with Gasteiger partial charge in [0.2, 0.25) is 0 Å². The van der Waals surface area contributed by atoms with Crippen molar-refractivity contribution in [2.45, 2.75) is 29.6 Å². The largest absolute Gasteiger partial charge is 0.493 e. The second kappa shape index (κ2) is 9.19. The molecule has 0 fully saturated rings. The van der Waals surface area contributed by atoms with Crippen LogP contribution in [0.15, 0.2) is 70.5 Å². The third-order valence-corrected chi connectivity index (χ3v) is 8.89. The highest BCUT2D eigenvalue weighted by atomic mass is 32.2. The van der Waals surface area contributed by atoms with Crippen LogP contribution in [0.4, 0.5) is 11.4 Å². The van der Waals surface area contributed by atoms with Gasteiger partial charge in [-0.2, -0.15) is 0 Å². The van der Waals surface area contributed by atoms with Crippen LogP contribution >= 0.6 is 0 Å². The standard InChI is InChI=1S/C24H26N2O6S2/c1-17-6-9-20(10-7-17)34(29,30)26-14-4-5-18-15-19(8-12-22(18)26)25-33(27,28)21-11-13-23(31-2)24(16-21)32-3/h6-13,15-16,25H,4-5,14H2,1-3H3. The second-order valence-electron chi connectivity index (χ2n) is 7.96. The van der Waals surface area contributed by atoms with E-state index >= 15 is 0 Å². The highest BCUT2D eigenvalue weighted by Gasteiger charge is 2.29. The summed E-state index contributed by atoms with van der Waals surface area (Å²) in [7, 11) is -4.73. The van der Waals surface area contributed by atoms with Crippen LogP contribution in [0.5, 0.6) is 11.5 Å². The molecule has 1 aliphatic heterocycles. The van der Waals surface area contributed by atoms with Crippen LogP contribution in [0.2, 0.25) is 0 Å². The molecule has 0 bridgehead atoms. The summed E-state index contributed by atoms with van der Waals surface area (Å²) in [4.78, 5) is 0.246. The first-order chi connectivity index (χ1) is 16.2. The minimum Gasteiger partial charge on any atom is -0.493 e. The molecule has 3 aromatic rings. The molecule has 180 valence electrons. The molecule has 0 aromatic heterocycles. The highest BCUT2D eigenvalue weighted by molar-refractivity contribution is 7.93. The lowest BCUT2D eigenvalue weighted by atomic mass is 10.0. The van der Waals surface area contributed by atoms with Crippen molar-refractivity contribution in [1.29, 1.82) is 0 Å². The normalized spacial score (nSPS) is 13.8. The Morgan fingerprint density at radius 1 is 0.824 bits per heavy atom. The van der Waals surface area contributed by atoms with Gasteiger partial charge in [0.05, 0.1) is 29.7 Å². The van der Waals surface area contributed by atoms with E-state index in [-0.39, 0.29) is 9.79 Å². The summed E-state index contributed by atoms with van der Waals surface area (Å²) in [6, 6.07) is 16.0. The van der Waals surface area contributed by atoms with Crippen molar-refractivity contribution < 1.29 is 26.3 Å². The molecule has 0 aliphatic carbocycles. The summed E-state index contributed by atoms with van der Waals surface area (Å²) in [6.07, 6.45) is 1.27. The summed E-state index contributed by atoms with van der Waals surface area (Å²) < 4.78 is 66.8. The van der Waals surface area contributed by atoms with Gasteiger partial charge in [-0.25, -0.2) is 16.8 Å². The minimum absolute atomic E-state index is 0.0199. The van der Waals surface area contributed by atoms with Crippen molar-refractivity contribution in [1.82, 2.24) is 0 Å². The molecule has 4 rings (SSSR count). The van der Waals surface area contributed by atoms with Crippen LogP contribution in [0, 0.1) is 6.92 Å². The predicted octanol–water partition coefficient (Wildman–Crippen LogP) is 3.95. The molecule has 34 heavy (non-hydrogen) atoms. The molecule has 10 heteroatoms. The number of fused-ring (bicyclic) bond motifs is 1. The van der Waals surface area contributed by atoms with Crippen LogP contribution in [0.25, 0.3) is 0 Å². The molecule has 0 unspecified atom stereocenters. The summed E-state index contributed by atoms with van der Waals surface area (Å²) in [5, 5.41) is 0. The van der Waals surface area contributed by atoms with Gasteiger partial charge in [0.15, 0.2) is 11.5 Å². The maximum Gasteiger partial charge on any atom is 0.264 e. The number of rotatable bonds is 7. The van der Waals surface area contributed by atoms with E-state index in [4.69, 9.17) is 9.47 Å². The number of sulfonamides is 2. The average molecular weight is 503 g/mol. The second-order valence-corrected chi connectivity index (χ2v) is 11.5. The molecule has 1 heterocycles. The smallest absolute Gasteiger partial charge is 0.264 e. The van der Waals surface area contributed by atoms with E-state index in [1.807, 2.05) is 6.92 Å². The quantitative estimate of drug-likeness (QED) is 0.525. The maximum absolute atomic E-state index is 13.3. The van der Waals surface area contributed by atoms with Gasteiger partial charge in [-0.05, 0) is 67.8 Å². The number of methoxy groups -OCH3 is 2. The van der Waals surface area contributed by atoms with Gasteiger partial charge in [-0.1, -0.05) is 17.7 Å². The summed E-state index contributed by atoms with van der Waals surface area (Å²) >= 11 is 0. The fraction of sp³-hybridized carbons (Fsp3) is 0.250. The van der Waals surface area contributed by atoms with E-state index in [2.05, 4.69) is 4.72 Å². The zero-order valence-corrected chi connectivity index (χ0v) is 20.7. The van der Waals surface area contributed by atoms with Crippen molar-refractivity contribution in [3.63, 3.8) is 0 Å². The van der Waals surface area contributed by atoms with Gasteiger partial charge >= 0.3 is 0 Å². The first-order valence-corrected chi connectivity index (χ1v) is 13.6. The Bertz CT molecular complexity index is 1420. The summed E-state index contributed by atoms with van der Waals surface area (Å²) in [6.45, 7) is 2.26. The first kappa shape index (κ1) is 23.9. The number of hydrogen-bond donors (Lipinski definition) is 1. The average Bonchev–Trinajstić information content (AvgIpc) is 2.83. The highest BCUT2D eigenvalue weighted by Crippen LogP contribution is 2.35. The van der Waals surface area contributed by atoms with Gasteiger partial charge in [-0.3, -0.25) is 9.03 Å². The third kappa shape index (κ3) is 4.55. The molecule has 0 atom stereocenters. The monoisotopic (exact) mass is 502 g/mol. The van der Waals surface area contributed by atoms with Crippen LogP contribution in [-0.2, 0) is 26.5 Å². The van der Waals surface area contributed by atoms with Crippen LogP contribution in [0.3, 0.4) is 0 Å². The lowest BCUT2D eigenvalue weighted by Gasteiger charge is -2.31.